The molecular weight excluding hydrogens is 356 g/mol. The van der Waals surface area contributed by atoms with Crippen LogP contribution in [-0.4, -0.2) is 28.6 Å². The van der Waals surface area contributed by atoms with E-state index in [1.165, 1.54) is 11.5 Å². The molecule has 110 valence electrons. The Morgan fingerprint density at radius 1 is 1.52 bits per heavy atom. The minimum Gasteiger partial charge on any atom is -0.482 e. The summed E-state index contributed by atoms with van der Waals surface area (Å²) in [5.74, 6) is 0.613. The highest BCUT2D eigenvalue weighted by Crippen LogP contribution is 2.36. The van der Waals surface area contributed by atoms with Gasteiger partial charge in [0.05, 0.1) is 12.2 Å². The van der Waals surface area contributed by atoms with E-state index in [0.717, 1.165) is 27.4 Å². The third-order valence-electron chi connectivity index (χ3n) is 3.06. The summed E-state index contributed by atoms with van der Waals surface area (Å²) in [6.07, 6.45) is 0. The second-order valence-corrected chi connectivity index (χ2v) is 6.13. The van der Waals surface area contributed by atoms with Crippen LogP contribution in [-0.2, 0) is 11.3 Å². The summed E-state index contributed by atoms with van der Waals surface area (Å²) in [6.45, 7) is 3.22. The number of hydrogen-bond donors (Lipinski definition) is 1. The van der Waals surface area contributed by atoms with Crippen LogP contribution in [0, 0.1) is 0 Å². The average molecular weight is 369 g/mol. The molecule has 0 saturated heterocycles. The van der Waals surface area contributed by atoms with Crippen LogP contribution in [0.3, 0.4) is 0 Å². The van der Waals surface area contributed by atoms with Crippen LogP contribution in [0.15, 0.2) is 22.7 Å². The number of halogens is 1. The van der Waals surface area contributed by atoms with Gasteiger partial charge in [-0.2, -0.15) is 0 Å². The van der Waals surface area contributed by atoms with Gasteiger partial charge in [-0.05, 0) is 25.1 Å². The number of benzene rings is 1. The van der Waals surface area contributed by atoms with Gasteiger partial charge in [0.2, 0.25) is 0 Å². The van der Waals surface area contributed by atoms with Crippen LogP contribution in [0.2, 0.25) is 0 Å². The van der Waals surface area contributed by atoms with Gasteiger partial charge in [-0.3, -0.25) is 9.69 Å². The number of nitrogens with zero attached hydrogens (tertiary/aromatic N) is 3. The van der Waals surface area contributed by atoms with Crippen molar-refractivity contribution in [3.63, 3.8) is 0 Å². The van der Waals surface area contributed by atoms with Crippen molar-refractivity contribution in [3.8, 4) is 5.75 Å². The zero-order valence-corrected chi connectivity index (χ0v) is 13.7. The average Bonchev–Trinajstić information content (AvgIpc) is 2.90. The first-order chi connectivity index (χ1) is 10.2. The molecule has 0 bridgehead atoms. The van der Waals surface area contributed by atoms with Crippen LogP contribution in [0.1, 0.15) is 12.6 Å². The molecule has 0 atom stereocenters. The summed E-state index contributed by atoms with van der Waals surface area (Å²) in [5, 5.41) is 8.23. The van der Waals surface area contributed by atoms with Crippen LogP contribution in [0.25, 0.3) is 0 Å². The van der Waals surface area contributed by atoms with E-state index in [2.05, 4.69) is 30.8 Å². The van der Waals surface area contributed by atoms with Crippen LogP contribution < -0.4 is 15.0 Å². The molecule has 1 aromatic heterocycles. The second-order valence-electron chi connectivity index (χ2n) is 4.46. The number of carbonyl (C=O) groups excluding carboxylic acids is 1. The zero-order valence-electron chi connectivity index (χ0n) is 11.3. The summed E-state index contributed by atoms with van der Waals surface area (Å²) >= 11 is 4.72. The van der Waals surface area contributed by atoms with Crippen molar-refractivity contribution in [2.45, 2.75) is 13.5 Å². The first kappa shape index (κ1) is 14.3. The highest BCUT2D eigenvalue weighted by molar-refractivity contribution is 9.10. The highest BCUT2D eigenvalue weighted by Gasteiger charge is 2.27. The Morgan fingerprint density at radius 2 is 2.38 bits per heavy atom. The van der Waals surface area contributed by atoms with E-state index < -0.39 is 0 Å². The number of amides is 1. The van der Waals surface area contributed by atoms with E-state index in [9.17, 15) is 4.79 Å². The molecule has 1 aromatic carbocycles. The maximum Gasteiger partial charge on any atom is 0.265 e. The summed E-state index contributed by atoms with van der Waals surface area (Å²) < 4.78 is 10.3. The van der Waals surface area contributed by atoms with Gasteiger partial charge in [-0.15, -0.1) is 5.10 Å². The number of fused-ring (bicyclic) bond motifs is 1. The molecule has 0 fully saturated rings. The van der Waals surface area contributed by atoms with Crippen molar-refractivity contribution in [2.75, 3.05) is 23.4 Å². The van der Waals surface area contributed by atoms with Gasteiger partial charge in [0.1, 0.15) is 16.4 Å². The van der Waals surface area contributed by atoms with E-state index in [-0.39, 0.29) is 12.5 Å². The predicted octanol–water partition coefficient (Wildman–Crippen LogP) is 2.66. The normalized spacial score (nSPS) is 13.8. The molecule has 0 aliphatic carbocycles. The first-order valence-electron chi connectivity index (χ1n) is 6.47. The van der Waals surface area contributed by atoms with Gasteiger partial charge in [-0.25, -0.2) is 0 Å². The second kappa shape index (κ2) is 5.98. The van der Waals surface area contributed by atoms with Crippen molar-refractivity contribution < 1.29 is 9.53 Å². The fourth-order valence-corrected chi connectivity index (χ4v) is 3.09. The third-order valence-corrected chi connectivity index (χ3v) is 4.28. The fourth-order valence-electron chi connectivity index (χ4n) is 2.11. The van der Waals surface area contributed by atoms with Crippen LogP contribution in [0.5, 0.6) is 5.75 Å². The fraction of sp³-hybridized carbons (Fsp3) is 0.308. The molecule has 1 amide bonds. The summed E-state index contributed by atoms with van der Waals surface area (Å²) in [7, 11) is 0. The standard InChI is InChI=1S/C13H13BrN4O2S/c1-2-15-13-9(16-17-21-13)6-18-10-5-8(14)3-4-11(10)20-7-12(18)19/h3-5,15H,2,6-7H2,1H3. The maximum atomic E-state index is 12.2. The Hall–Kier alpha value is -1.67. The minimum atomic E-state index is -0.0870. The lowest BCUT2D eigenvalue weighted by molar-refractivity contribution is -0.121. The molecule has 6 nitrogen and oxygen atoms in total. The largest absolute Gasteiger partial charge is 0.482 e. The number of hydrogen-bond acceptors (Lipinski definition) is 6. The Balaban J connectivity index is 1.93. The predicted molar refractivity (Wildman–Crippen MR) is 84.9 cm³/mol. The quantitative estimate of drug-likeness (QED) is 0.898. The molecule has 1 aliphatic heterocycles. The van der Waals surface area contributed by atoms with Gasteiger partial charge >= 0.3 is 0 Å². The molecule has 1 aliphatic rings. The molecule has 21 heavy (non-hydrogen) atoms. The molecule has 0 spiro atoms. The van der Waals surface area contributed by atoms with Gasteiger partial charge in [0.15, 0.2) is 6.61 Å². The summed E-state index contributed by atoms with van der Waals surface area (Å²) in [6, 6.07) is 5.61. The van der Waals surface area contributed by atoms with E-state index in [0.29, 0.717) is 12.3 Å². The van der Waals surface area contributed by atoms with Crippen molar-refractivity contribution in [3.05, 3.63) is 28.4 Å². The van der Waals surface area contributed by atoms with Gasteiger partial charge in [0, 0.05) is 22.5 Å². The summed E-state index contributed by atoms with van der Waals surface area (Å²) in [4.78, 5) is 13.9. The molecule has 0 saturated carbocycles. The van der Waals surface area contributed by atoms with E-state index >= 15 is 0 Å². The van der Waals surface area contributed by atoms with E-state index in [1.54, 1.807) is 4.90 Å². The number of rotatable bonds is 4. The molecule has 0 unspecified atom stereocenters. The molecule has 8 heteroatoms. The zero-order chi connectivity index (χ0) is 14.8. The Bertz CT molecular complexity index is 676. The summed E-state index contributed by atoms with van der Waals surface area (Å²) in [5.41, 5.74) is 1.51. The van der Waals surface area contributed by atoms with Crippen LogP contribution in [0.4, 0.5) is 10.7 Å². The molecule has 3 rings (SSSR count). The van der Waals surface area contributed by atoms with Crippen molar-refractivity contribution in [2.24, 2.45) is 0 Å². The number of aromatic nitrogens is 2. The smallest absolute Gasteiger partial charge is 0.265 e. The first-order valence-corrected chi connectivity index (χ1v) is 8.03. The lowest BCUT2D eigenvalue weighted by atomic mass is 10.2. The van der Waals surface area contributed by atoms with Crippen molar-refractivity contribution >= 4 is 44.1 Å². The maximum absolute atomic E-state index is 12.2. The Labute approximate surface area is 134 Å². The van der Waals surface area contributed by atoms with Crippen molar-refractivity contribution in [1.29, 1.82) is 0 Å². The van der Waals surface area contributed by atoms with Crippen LogP contribution >= 0.6 is 27.5 Å². The lowest BCUT2D eigenvalue weighted by Crippen LogP contribution is -2.38. The molecule has 2 heterocycles. The molecule has 0 radical (unpaired) electrons. The van der Waals surface area contributed by atoms with E-state index in [1.807, 2.05) is 25.1 Å². The number of anilines is 2. The number of ether oxygens (including phenoxy) is 1. The molecular formula is C13H13BrN4O2S. The number of nitrogens with one attached hydrogen (secondary N) is 1. The topological polar surface area (TPSA) is 67.4 Å². The Kier molecular flexibility index (Phi) is 4.07. The number of carbonyl (C=O) groups is 1. The van der Waals surface area contributed by atoms with Gasteiger partial charge in [0.25, 0.3) is 5.91 Å². The van der Waals surface area contributed by atoms with Gasteiger partial charge < -0.3 is 10.1 Å². The lowest BCUT2D eigenvalue weighted by Gasteiger charge is -2.29. The Morgan fingerprint density at radius 3 is 3.19 bits per heavy atom. The third kappa shape index (κ3) is 2.86. The van der Waals surface area contributed by atoms with Gasteiger partial charge in [-0.1, -0.05) is 20.4 Å². The SMILES string of the molecule is CCNc1snnc1CN1C(=O)COc2ccc(Br)cc21. The molecule has 2 aromatic rings. The molecule has 1 N–H and O–H groups in total. The van der Waals surface area contributed by atoms with E-state index in [4.69, 9.17) is 4.74 Å². The highest BCUT2D eigenvalue weighted by atomic mass is 79.9. The monoisotopic (exact) mass is 368 g/mol. The minimum absolute atomic E-state index is 0.0444. The van der Waals surface area contributed by atoms with Crippen molar-refractivity contribution in [1.82, 2.24) is 9.59 Å².